The first-order valence-electron chi connectivity index (χ1n) is 6.14. The minimum absolute atomic E-state index is 0.0186. The highest BCUT2D eigenvalue weighted by Gasteiger charge is 2.26. The lowest BCUT2D eigenvalue weighted by Gasteiger charge is -2.27. The van der Waals surface area contributed by atoms with Crippen LogP contribution in [0.4, 0.5) is 0 Å². The van der Waals surface area contributed by atoms with E-state index in [2.05, 4.69) is 22.6 Å². The van der Waals surface area contributed by atoms with E-state index in [0.717, 1.165) is 12.8 Å². The smallest absolute Gasteiger partial charge is 0.245 e. The lowest BCUT2D eigenvalue weighted by atomic mass is 10.0. The summed E-state index contributed by atoms with van der Waals surface area (Å²) in [5, 5.41) is 6.30. The van der Waals surface area contributed by atoms with Gasteiger partial charge in [0.1, 0.15) is 0 Å². The van der Waals surface area contributed by atoms with Crippen molar-refractivity contribution in [1.82, 2.24) is 15.6 Å². The van der Waals surface area contributed by atoms with E-state index in [4.69, 9.17) is 0 Å². The number of hydrogen-bond acceptors (Lipinski definition) is 4. The number of carbonyl (C=O) groups excluding carboxylic acids is 2. The number of amides is 2. The first-order chi connectivity index (χ1) is 8.69. The summed E-state index contributed by atoms with van der Waals surface area (Å²) in [5.41, 5.74) is 2.35. The summed E-state index contributed by atoms with van der Waals surface area (Å²) in [6, 6.07) is 0.371. The number of nitrogens with one attached hydrogen (secondary N) is 2. The second-order valence-electron chi connectivity index (χ2n) is 4.72. The second-order valence-corrected chi connectivity index (χ2v) is 4.72. The van der Waals surface area contributed by atoms with E-state index in [9.17, 15) is 9.59 Å². The number of hydrogen-bond donors (Lipinski definition) is 2. The van der Waals surface area contributed by atoms with Gasteiger partial charge in [0.05, 0.1) is 12.5 Å². The molecule has 2 aliphatic rings. The zero-order chi connectivity index (χ0) is 13.0. The van der Waals surface area contributed by atoms with Gasteiger partial charge in [-0.3, -0.25) is 9.59 Å². The highest BCUT2D eigenvalue weighted by molar-refractivity contribution is 5.80. The lowest BCUT2D eigenvalue weighted by molar-refractivity contribution is -0.127. The van der Waals surface area contributed by atoms with E-state index in [-0.39, 0.29) is 17.7 Å². The molecule has 0 aromatic rings. The summed E-state index contributed by atoms with van der Waals surface area (Å²) < 4.78 is 0. The van der Waals surface area contributed by atoms with Gasteiger partial charge in [0.15, 0.2) is 0 Å². The Bertz CT molecular complexity index is 376. The van der Waals surface area contributed by atoms with Crippen LogP contribution in [0.5, 0.6) is 0 Å². The van der Waals surface area contributed by atoms with Gasteiger partial charge in [-0.25, -0.2) is 5.43 Å². The summed E-state index contributed by atoms with van der Waals surface area (Å²) in [6.45, 7) is 4.07. The molecule has 1 saturated carbocycles. The van der Waals surface area contributed by atoms with E-state index < -0.39 is 0 Å². The van der Waals surface area contributed by atoms with Crippen molar-refractivity contribution < 1.29 is 9.59 Å². The van der Waals surface area contributed by atoms with Crippen LogP contribution in [0.15, 0.2) is 17.4 Å². The van der Waals surface area contributed by atoms with Crippen LogP contribution < -0.4 is 10.7 Å². The van der Waals surface area contributed by atoms with E-state index in [0.29, 0.717) is 25.6 Å². The van der Waals surface area contributed by atoms with Gasteiger partial charge in [-0.15, -0.1) is 0 Å². The SMILES string of the molecule is C=NNC(=O)C1CC=CN(CC(=O)NC2CC2)C1. The molecule has 18 heavy (non-hydrogen) atoms. The summed E-state index contributed by atoms with van der Waals surface area (Å²) in [6.07, 6.45) is 6.61. The van der Waals surface area contributed by atoms with Crippen LogP contribution in [0, 0.1) is 5.92 Å². The van der Waals surface area contributed by atoms with Crippen LogP contribution in [0.25, 0.3) is 0 Å². The van der Waals surface area contributed by atoms with Crippen molar-refractivity contribution in [3.8, 4) is 0 Å². The maximum Gasteiger partial charge on any atom is 0.245 e. The predicted molar refractivity (Wildman–Crippen MR) is 67.7 cm³/mol. The molecule has 1 aliphatic heterocycles. The fourth-order valence-electron chi connectivity index (χ4n) is 1.95. The van der Waals surface area contributed by atoms with Crippen LogP contribution in [0.3, 0.4) is 0 Å². The molecule has 2 amide bonds. The Labute approximate surface area is 106 Å². The summed E-state index contributed by atoms with van der Waals surface area (Å²) >= 11 is 0. The van der Waals surface area contributed by atoms with Gasteiger partial charge < -0.3 is 10.2 Å². The average molecular weight is 250 g/mol. The fourth-order valence-corrected chi connectivity index (χ4v) is 1.95. The van der Waals surface area contributed by atoms with E-state index in [1.54, 1.807) is 0 Å². The monoisotopic (exact) mass is 250 g/mol. The molecule has 0 saturated heterocycles. The van der Waals surface area contributed by atoms with E-state index >= 15 is 0 Å². The molecule has 2 N–H and O–H groups in total. The average Bonchev–Trinajstić information content (AvgIpc) is 3.13. The quantitative estimate of drug-likeness (QED) is 0.525. The van der Waals surface area contributed by atoms with Gasteiger partial charge in [0.25, 0.3) is 0 Å². The minimum atomic E-state index is -0.172. The Balaban J connectivity index is 1.80. The Morgan fingerprint density at radius 3 is 2.89 bits per heavy atom. The molecule has 1 aliphatic carbocycles. The van der Waals surface area contributed by atoms with Gasteiger partial charge in [-0.1, -0.05) is 6.08 Å². The van der Waals surface area contributed by atoms with Crippen molar-refractivity contribution in [1.29, 1.82) is 0 Å². The Kier molecular flexibility index (Phi) is 3.96. The van der Waals surface area contributed by atoms with Crippen molar-refractivity contribution in [2.75, 3.05) is 13.1 Å². The molecular weight excluding hydrogens is 232 g/mol. The Morgan fingerprint density at radius 1 is 1.44 bits per heavy atom. The molecule has 0 aromatic carbocycles. The fraction of sp³-hybridized carbons (Fsp3) is 0.583. The maximum atomic E-state index is 11.6. The third kappa shape index (κ3) is 3.58. The highest BCUT2D eigenvalue weighted by atomic mass is 16.2. The number of carbonyl (C=O) groups is 2. The van der Waals surface area contributed by atoms with Crippen LogP contribution >= 0.6 is 0 Å². The summed E-state index contributed by atoms with van der Waals surface area (Å²) in [5.74, 6) is -0.304. The number of allylic oxidation sites excluding steroid dienone is 1. The van der Waals surface area contributed by atoms with Gasteiger partial charge in [-0.2, -0.15) is 5.10 Å². The zero-order valence-electron chi connectivity index (χ0n) is 10.3. The van der Waals surface area contributed by atoms with Crippen molar-refractivity contribution >= 4 is 18.5 Å². The maximum absolute atomic E-state index is 11.6. The number of rotatable bonds is 5. The molecule has 6 nitrogen and oxygen atoms in total. The molecule has 6 heteroatoms. The molecular formula is C12H18N4O2. The molecule has 0 aromatic heterocycles. The van der Waals surface area contributed by atoms with Gasteiger partial charge >= 0.3 is 0 Å². The topological polar surface area (TPSA) is 73.8 Å². The van der Waals surface area contributed by atoms with Crippen LogP contribution in [0.2, 0.25) is 0 Å². The Hall–Kier alpha value is -1.85. The second kappa shape index (κ2) is 5.66. The predicted octanol–water partition coefficient (Wildman–Crippen LogP) is -0.168. The third-order valence-corrected chi connectivity index (χ3v) is 3.04. The minimum Gasteiger partial charge on any atom is -0.368 e. The number of nitrogens with zero attached hydrogens (tertiary/aromatic N) is 2. The molecule has 2 rings (SSSR count). The van der Waals surface area contributed by atoms with Crippen LogP contribution in [-0.2, 0) is 9.59 Å². The standard InChI is InChI=1S/C12H18N4O2/c1-13-15-12(18)9-3-2-6-16(7-9)8-11(17)14-10-4-5-10/h2,6,9-10H,1,3-5,7-8H2,(H,14,17)(H,15,18). The molecule has 1 unspecified atom stereocenters. The molecule has 0 spiro atoms. The first kappa shape index (κ1) is 12.6. The molecule has 1 heterocycles. The Morgan fingerprint density at radius 2 is 2.22 bits per heavy atom. The van der Waals surface area contributed by atoms with Crippen LogP contribution in [-0.4, -0.2) is 42.6 Å². The third-order valence-electron chi connectivity index (χ3n) is 3.04. The van der Waals surface area contributed by atoms with Crippen LogP contribution in [0.1, 0.15) is 19.3 Å². The molecule has 0 radical (unpaired) electrons. The largest absolute Gasteiger partial charge is 0.368 e. The number of hydrazone groups is 1. The molecule has 0 bridgehead atoms. The lowest BCUT2D eigenvalue weighted by Crippen LogP contribution is -2.42. The normalized spacial score (nSPS) is 22.4. The summed E-state index contributed by atoms with van der Waals surface area (Å²) in [7, 11) is 0. The molecule has 1 atom stereocenters. The highest BCUT2D eigenvalue weighted by Crippen LogP contribution is 2.19. The van der Waals surface area contributed by atoms with Crippen molar-refractivity contribution in [3.63, 3.8) is 0 Å². The van der Waals surface area contributed by atoms with E-state index in [1.807, 2.05) is 17.2 Å². The molecule has 1 fully saturated rings. The zero-order valence-corrected chi connectivity index (χ0v) is 10.3. The summed E-state index contributed by atoms with van der Waals surface area (Å²) in [4.78, 5) is 25.1. The van der Waals surface area contributed by atoms with Gasteiger partial charge in [-0.05, 0) is 25.5 Å². The van der Waals surface area contributed by atoms with Crippen molar-refractivity contribution in [2.45, 2.75) is 25.3 Å². The van der Waals surface area contributed by atoms with E-state index in [1.165, 1.54) is 0 Å². The molecule has 98 valence electrons. The van der Waals surface area contributed by atoms with Gasteiger partial charge in [0.2, 0.25) is 11.8 Å². The van der Waals surface area contributed by atoms with Crippen molar-refractivity contribution in [3.05, 3.63) is 12.3 Å². The first-order valence-corrected chi connectivity index (χ1v) is 6.14. The van der Waals surface area contributed by atoms with Gasteiger partial charge in [0, 0.05) is 19.3 Å². The van der Waals surface area contributed by atoms with Crippen molar-refractivity contribution in [2.24, 2.45) is 11.0 Å².